The normalized spacial score (nSPS) is 16.6. The Labute approximate surface area is 145 Å². The van der Waals surface area contributed by atoms with Crippen molar-refractivity contribution < 1.29 is 4.74 Å². The van der Waals surface area contributed by atoms with Gasteiger partial charge in [0.15, 0.2) is 0 Å². The number of nitrogens with zero attached hydrogens (tertiary/aromatic N) is 4. The van der Waals surface area contributed by atoms with Crippen LogP contribution in [0.25, 0.3) is 10.2 Å². The molecule has 0 radical (unpaired) electrons. The maximum Gasteiger partial charge on any atom is 0.316 e. The molecule has 0 aliphatic carbocycles. The van der Waals surface area contributed by atoms with Crippen LogP contribution >= 0.6 is 11.3 Å². The molecule has 1 aromatic carbocycles. The second-order valence-electron chi connectivity index (χ2n) is 6.12. The van der Waals surface area contributed by atoms with Crippen LogP contribution in [0.5, 0.6) is 6.01 Å². The molecule has 1 aliphatic heterocycles. The standard InChI is InChI=1S/C18H20N4OS/c1-12(13-3-4-17-16(9-13)20-11-24-17)22-7-5-14-10-19-18(23-2)21-15(14)6-8-22/h3-4,9-12H,5-8H2,1-2H3/t12-/m0/s1. The lowest BCUT2D eigenvalue weighted by Crippen LogP contribution is -2.29. The highest BCUT2D eigenvalue weighted by Crippen LogP contribution is 2.27. The fraction of sp³-hybridized carbons (Fsp3) is 0.389. The summed E-state index contributed by atoms with van der Waals surface area (Å²) in [5.41, 5.74) is 6.68. The zero-order valence-electron chi connectivity index (χ0n) is 13.9. The van der Waals surface area contributed by atoms with Gasteiger partial charge in [-0.05, 0) is 36.6 Å². The molecule has 0 unspecified atom stereocenters. The number of methoxy groups -OCH3 is 1. The highest BCUT2D eigenvalue weighted by Gasteiger charge is 2.21. The Balaban J connectivity index is 1.54. The molecule has 3 heterocycles. The van der Waals surface area contributed by atoms with Gasteiger partial charge < -0.3 is 4.74 Å². The van der Waals surface area contributed by atoms with E-state index >= 15 is 0 Å². The van der Waals surface area contributed by atoms with E-state index in [1.165, 1.54) is 15.8 Å². The third kappa shape index (κ3) is 2.87. The number of hydrogen-bond donors (Lipinski definition) is 0. The van der Waals surface area contributed by atoms with Crippen LogP contribution in [0.3, 0.4) is 0 Å². The Hall–Kier alpha value is -2.05. The fourth-order valence-electron chi connectivity index (χ4n) is 3.31. The zero-order chi connectivity index (χ0) is 16.5. The molecule has 0 N–H and O–H groups in total. The predicted octanol–water partition coefficient (Wildman–Crippen LogP) is 3.26. The van der Waals surface area contributed by atoms with Crippen molar-refractivity contribution in [2.24, 2.45) is 0 Å². The summed E-state index contributed by atoms with van der Waals surface area (Å²) in [6, 6.07) is 7.45. The topological polar surface area (TPSA) is 51.1 Å². The van der Waals surface area contributed by atoms with E-state index in [4.69, 9.17) is 4.74 Å². The van der Waals surface area contributed by atoms with Crippen LogP contribution in [0.4, 0.5) is 0 Å². The predicted molar refractivity (Wildman–Crippen MR) is 95.6 cm³/mol. The van der Waals surface area contributed by atoms with Crippen LogP contribution in [-0.2, 0) is 12.8 Å². The van der Waals surface area contributed by atoms with Crippen LogP contribution in [-0.4, -0.2) is 40.1 Å². The van der Waals surface area contributed by atoms with Gasteiger partial charge in [-0.2, -0.15) is 4.98 Å². The first kappa shape index (κ1) is 15.5. The molecule has 0 amide bonds. The summed E-state index contributed by atoms with van der Waals surface area (Å²) >= 11 is 1.69. The maximum atomic E-state index is 5.16. The van der Waals surface area contributed by atoms with Crippen molar-refractivity contribution in [1.29, 1.82) is 0 Å². The fourth-order valence-corrected chi connectivity index (χ4v) is 3.96. The maximum absolute atomic E-state index is 5.16. The van der Waals surface area contributed by atoms with Crippen LogP contribution in [0.2, 0.25) is 0 Å². The van der Waals surface area contributed by atoms with Gasteiger partial charge in [-0.1, -0.05) is 6.07 Å². The minimum atomic E-state index is 0.361. The first-order valence-electron chi connectivity index (χ1n) is 8.20. The van der Waals surface area contributed by atoms with Gasteiger partial charge in [0.1, 0.15) is 0 Å². The number of fused-ring (bicyclic) bond motifs is 2. The lowest BCUT2D eigenvalue weighted by Gasteiger charge is -2.27. The van der Waals surface area contributed by atoms with Gasteiger partial charge in [-0.15, -0.1) is 11.3 Å². The number of ether oxygens (including phenoxy) is 1. The Morgan fingerprint density at radius 2 is 2.08 bits per heavy atom. The molecule has 0 saturated carbocycles. The summed E-state index contributed by atoms with van der Waals surface area (Å²) in [7, 11) is 1.61. The molecule has 1 atom stereocenters. The van der Waals surface area contributed by atoms with Crippen molar-refractivity contribution >= 4 is 21.6 Å². The highest BCUT2D eigenvalue weighted by atomic mass is 32.1. The van der Waals surface area contributed by atoms with Crippen LogP contribution in [0.1, 0.15) is 29.8 Å². The summed E-state index contributed by atoms with van der Waals surface area (Å²) in [6.45, 7) is 4.28. The molecular formula is C18H20N4OS. The molecule has 124 valence electrons. The molecule has 0 spiro atoms. The van der Waals surface area contributed by atoms with E-state index in [0.717, 1.165) is 37.1 Å². The van der Waals surface area contributed by atoms with Crippen molar-refractivity contribution in [2.75, 3.05) is 20.2 Å². The van der Waals surface area contributed by atoms with Gasteiger partial charge in [0.2, 0.25) is 0 Å². The van der Waals surface area contributed by atoms with Gasteiger partial charge in [0, 0.05) is 31.7 Å². The Bertz CT molecular complexity index is 863. The first-order chi connectivity index (χ1) is 11.7. The minimum Gasteiger partial charge on any atom is -0.467 e. The summed E-state index contributed by atoms with van der Waals surface area (Å²) in [5, 5.41) is 0. The largest absolute Gasteiger partial charge is 0.467 e. The van der Waals surface area contributed by atoms with Crippen LogP contribution in [0, 0.1) is 0 Å². The second kappa shape index (κ2) is 6.45. The van der Waals surface area contributed by atoms with E-state index in [-0.39, 0.29) is 0 Å². The summed E-state index contributed by atoms with van der Waals surface area (Å²) in [4.78, 5) is 15.7. The average Bonchev–Trinajstić information content (AvgIpc) is 2.99. The molecular weight excluding hydrogens is 320 g/mol. The first-order valence-corrected chi connectivity index (χ1v) is 9.08. The lowest BCUT2D eigenvalue weighted by molar-refractivity contribution is 0.221. The van der Waals surface area contributed by atoms with E-state index in [1.54, 1.807) is 18.4 Å². The third-order valence-electron chi connectivity index (χ3n) is 4.80. The van der Waals surface area contributed by atoms with E-state index < -0.39 is 0 Å². The van der Waals surface area contributed by atoms with Crippen LogP contribution in [0.15, 0.2) is 29.9 Å². The minimum absolute atomic E-state index is 0.361. The van der Waals surface area contributed by atoms with Crippen molar-refractivity contribution in [3.8, 4) is 6.01 Å². The molecule has 6 heteroatoms. The summed E-state index contributed by atoms with van der Waals surface area (Å²) < 4.78 is 6.40. The SMILES string of the molecule is COc1ncc2c(n1)CCN([C@@H](C)c1ccc3scnc3c1)CC2. The monoisotopic (exact) mass is 340 g/mol. The van der Waals surface area contributed by atoms with Gasteiger partial charge in [-0.3, -0.25) is 4.90 Å². The Morgan fingerprint density at radius 1 is 1.21 bits per heavy atom. The quantitative estimate of drug-likeness (QED) is 0.732. The number of benzene rings is 1. The van der Waals surface area contributed by atoms with Crippen molar-refractivity contribution in [1.82, 2.24) is 19.9 Å². The molecule has 4 rings (SSSR count). The molecule has 2 aromatic heterocycles. The molecule has 0 saturated heterocycles. The van der Waals surface area contributed by atoms with Gasteiger partial charge in [0.05, 0.1) is 28.5 Å². The van der Waals surface area contributed by atoms with E-state index in [2.05, 4.69) is 45.0 Å². The van der Waals surface area contributed by atoms with Crippen molar-refractivity contribution in [2.45, 2.75) is 25.8 Å². The third-order valence-corrected chi connectivity index (χ3v) is 5.61. The van der Waals surface area contributed by atoms with Gasteiger partial charge in [0.25, 0.3) is 0 Å². The van der Waals surface area contributed by atoms with E-state index in [0.29, 0.717) is 12.1 Å². The van der Waals surface area contributed by atoms with Crippen molar-refractivity contribution in [3.63, 3.8) is 0 Å². The van der Waals surface area contributed by atoms with E-state index in [9.17, 15) is 0 Å². The molecule has 24 heavy (non-hydrogen) atoms. The summed E-state index contributed by atoms with van der Waals surface area (Å²) in [5.74, 6) is 0. The van der Waals surface area contributed by atoms with Crippen LogP contribution < -0.4 is 4.74 Å². The lowest BCUT2D eigenvalue weighted by atomic mass is 10.1. The number of rotatable bonds is 3. The Morgan fingerprint density at radius 3 is 2.96 bits per heavy atom. The van der Waals surface area contributed by atoms with Gasteiger partial charge >= 0.3 is 6.01 Å². The molecule has 5 nitrogen and oxygen atoms in total. The second-order valence-corrected chi connectivity index (χ2v) is 7.01. The van der Waals surface area contributed by atoms with Gasteiger partial charge in [-0.25, -0.2) is 9.97 Å². The molecule has 0 bridgehead atoms. The number of hydrogen-bond acceptors (Lipinski definition) is 6. The number of aromatic nitrogens is 3. The molecule has 0 fully saturated rings. The average molecular weight is 340 g/mol. The molecule has 3 aromatic rings. The summed E-state index contributed by atoms with van der Waals surface area (Å²) in [6.07, 6.45) is 3.82. The highest BCUT2D eigenvalue weighted by molar-refractivity contribution is 7.16. The Kier molecular flexibility index (Phi) is 4.16. The van der Waals surface area contributed by atoms with Crippen molar-refractivity contribution in [3.05, 3.63) is 46.7 Å². The smallest absolute Gasteiger partial charge is 0.316 e. The zero-order valence-corrected chi connectivity index (χ0v) is 14.7. The molecule has 1 aliphatic rings. The van der Waals surface area contributed by atoms with E-state index in [1.807, 2.05) is 11.7 Å². The number of thiazole rings is 1.